The zero-order valence-electron chi connectivity index (χ0n) is 16.1. The average Bonchev–Trinajstić information content (AvgIpc) is 3.07. The summed E-state index contributed by atoms with van der Waals surface area (Å²) in [4.78, 5) is 24.3. The number of rotatable bonds is 8. The van der Waals surface area contributed by atoms with E-state index in [0.717, 1.165) is 11.1 Å². The molecule has 3 aromatic rings. The highest BCUT2D eigenvalue weighted by atomic mass is 32.2. The second kappa shape index (κ2) is 9.47. The van der Waals surface area contributed by atoms with Crippen LogP contribution >= 0.6 is 11.8 Å². The molecule has 6 nitrogen and oxygen atoms in total. The van der Waals surface area contributed by atoms with Crippen molar-refractivity contribution in [1.29, 1.82) is 0 Å². The Bertz CT molecular complexity index is 990. The summed E-state index contributed by atoms with van der Waals surface area (Å²) < 4.78 is 14.8. The summed E-state index contributed by atoms with van der Waals surface area (Å²) in [5, 5.41) is 11.6. The van der Waals surface area contributed by atoms with Crippen molar-refractivity contribution in [3.05, 3.63) is 66.0 Å². The molecule has 8 heteroatoms. The maximum atomic E-state index is 13.1. The van der Waals surface area contributed by atoms with Crippen LogP contribution in [0.3, 0.4) is 0 Å². The number of ketones is 1. The van der Waals surface area contributed by atoms with Crippen LogP contribution in [0, 0.1) is 5.82 Å². The van der Waals surface area contributed by atoms with Gasteiger partial charge in [-0.1, -0.05) is 42.1 Å². The molecule has 150 valence electrons. The standard InChI is InChI=1S/C21H21FN4O2S/c1-14(27)18(12-15-6-4-3-5-7-15)23-19(28)13-29-21-25-24-20(26(21)2)16-8-10-17(22)11-9-16/h3-11,18H,12-13H2,1-2H3,(H,23,28)/t18-/m0/s1. The van der Waals surface area contributed by atoms with E-state index in [1.807, 2.05) is 30.3 Å². The fraction of sp³-hybridized carbons (Fsp3) is 0.238. The molecule has 0 aliphatic rings. The Morgan fingerprint density at radius 2 is 1.79 bits per heavy atom. The van der Waals surface area contributed by atoms with E-state index in [9.17, 15) is 14.0 Å². The fourth-order valence-corrected chi connectivity index (χ4v) is 3.53. The maximum absolute atomic E-state index is 13.1. The molecule has 2 aromatic carbocycles. The van der Waals surface area contributed by atoms with Crippen LogP contribution in [-0.4, -0.2) is 38.2 Å². The zero-order chi connectivity index (χ0) is 20.8. The lowest BCUT2D eigenvalue weighted by Crippen LogP contribution is -2.42. The van der Waals surface area contributed by atoms with Crippen molar-refractivity contribution in [2.24, 2.45) is 7.05 Å². The van der Waals surface area contributed by atoms with E-state index in [4.69, 9.17) is 0 Å². The van der Waals surface area contributed by atoms with Gasteiger partial charge in [-0.25, -0.2) is 4.39 Å². The Morgan fingerprint density at radius 3 is 2.45 bits per heavy atom. The van der Waals surface area contributed by atoms with Gasteiger partial charge in [-0.2, -0.15) is 0 Å². The molecule has 0 aliphatic heterocycles. The first-order chi connectivity index (χ1) is 13.9. The Morgan fingerprint density at radius 1 is 1.10 bits per heavy atom. The maximum Gasteiger partial charge on any atom is 0.231 e. The van der Waals surface area contributed by atoms with Crippen LogP contribution in [0.4, 0.5) is 4.39 Å². The van der Waals surface area contributed by atoms with Gasteiger partial charge in [0.2, 0.25) is 5.91 Å². The smallest absolute Gasteiger partial charge is 0.231 e. The molecule has 1 atom stereocenters. The highest BCUT2D eigenvalue weighted by Crippen LogP contribution is 2.22. The molecule has 3 rings (SSSR count). The van der Waals surface area contributed by atoms with Crippen molar-refractivity contribution in [3.63, 3.8) is 0 Å². The van der Waals surface area contributed by atoms with Crippen LogP contribution < -0.4 is 5.32 Å². The molecule has 0 fully saturated rings. The molecule has 29 heavy (non-hydrogen) atoms. The third-order valence-corrected chi connectivity index (χ3v) is 5.40. The molecule has 0 bridgehead atoms. The number of halogens is 1. The van der Waals surface area contributed by atoms with Crippen LogP contribution in [0.5, 0.6) is 0 Å². The van der Waals surface area contributed by atoms with Gasteiger partial charge in [0.05, 0.1) is 11.8 Å². The molecule has 1 aromatic heterocycles. The minimum absolute atomic E-state index is 0.0931. The lowest BCUT2D eigenvalue weighted by molar-refractivity contribution is -0.125. The number of hydrogen-bond donors (Lipinski definition) is 1. The summed E-state index contributed by atoms with van der Waals surface area (Å²) >= 11 is 1.23. The number of benzene rings is 2. The molecule has 0 spiro atoms. The van der Waals surface area contributed by atoms with Gasteiger partial charge in [-0.3, -0.25) is 9.59 Å². The SMILES string of the molecule is CC(=O)[C@H](Cc1ccccc1)NC(=O)CSc1nnc(-c2ccc(F)cc2)n1C. The summed E-state index contributed by atoms with van der Waals surface area (Å²) in [6, 6.07) is 15.0. The van der Waals surface area contributed by atoms with Gasteiger partial charge < -0.3 is 9.88 Å². The quantitative estimate of drug-likeness (QED) is 0.576. The number of nitrogens with one attached hydrogen (secondary N) is 1. The van der Waals surface area contributed by atoms with Crippen LogP contribution in [0.2, 0.25) is 0 Å². The van der Waals surface area contributed by atoms with Gasteiger partial charge in [0.15, 0.2) is 16.8 Å². The lowest BCUT2D eigenvalue weighted by atomic mass is 10.0. The predicted octanol–water partition coefficient (Wildman–Crippen LogP) is 3.03. The van der Waals surface area contributed by atoms with Gasteiger partial charge in [-0.05, 0) is 43.2 Å². The second-order valence-corrected chi connectivity index (χ2v) is 7.52. The minimum Gasteiger partial charge on any atom is -0.345 e. The van der Waals surface area contributed by atoms with E-state index in [0.29, 0.717) is 17.4 Å². The molecule has 0 saturated carbocycles. The van der Waals surface area contributed by atoms with E-state index in [-0.39, 0.29) is 23.3 Å². The number of Topliss-reactive ketones (excluding diaryl/α,β-unsaturated/α-hetero) is 1. The highest BCUT2D eigenvalue weighted by Gasteiger charge is 2.19. The van der Waals surface area contributed by atoms with E-state index in [1.165, 1.54) is 30.8 Å². The number of carbonyl (C=O) groups excluding carboxylic acids is 2. The Hall–Kier alpha value is -3.00. The lowest BCUT2D eigenvalue weighted by Gasteiger charge is -2.16. The van der Waals surface area contributed by atoms with Crippen LogP contribution in [0.25, 0.3) is 11.4 Å². The van der Waals surface area contributed by atoms with Gasteiger partial charge in [0, 0.05) is 12.6 Å². The van der Waals surface area contributed by atoms with Gasteiger partial charge in [0.1, 0.15) is 5.82 Å². The van der Waals surface area contributed by atoms with E-state index < -0.39 is 6.04 Å². The molecule has 1 amide bonds. The summed E-state index contributed by atoms with van der Waals surface area (Å²) in [5.41, 5.74) is 1.72. The van der Waals surface area contributed by atoms with Crippen molar-refractivity contribution in [3.8, 4) is 11.4 Å². The minimum atomic E-state index is -0.570. The first-order valence-corrected chi connectivity index (χ1v) is 10.0. The van der Waals surface area contributed by atoms with E-state index in [2.05, 4.69) is 15.5 Å². The van der Waals surface area contributed by atoms with Crippen LogP contribution in [0.1, 0.15) is 12.5 Å². The molecule has 1 N–H and O–H groups in total. The summed E-state index contributed by atoms with van der Waals surface area (Å²) in [5.74, 6) is 0.0202. The average molecular weight is 412 g/mol. The number of thioether (sulfide) groups is 1. The highest BCUT2D eigenvalue weighted by molar-refractivity contribution is 7.99. The Kier molecular flexibility index (Phi) is 6.77. The van der Waals surface area contributed by atoms with E-state index in [1.54, 1.807) is 23.7 Å². The van der Waals surface area contributed by atoms with E-state index >= 15 is 0 Å². The summed E-state index contributed by atoms with van der Waals surface area (Å²) in [7, 11) is 1.78. The van der Waals surface area contributed by atoms with Crippen molar-refractivity contribution >= 4 is 23.5 Å². The number of hydrogen-bond acceptors (Lipinski definition) is 5. The van der Waals surface area contributed by atoms with Gasteiger partial charge >= 0.3 is 0 Å². The molecular weight excluding hydrogens is 391 g/mol. The number of aromatic nitrogens is 3. The number of carbonyl (C=O) groups is 2. The summed E-state index contributed by atoms with van der Waals surface area (Å²) in [6.45, 7) is 1.47. The van der Waals surface area contributed by atoms with Gasteiger partial charge in [0.25, 0.3) is 0 Å². The van der Waals surface area contributed by atoms with Crippen molar-refractivity contribution in [1.82, 2.24) is 20.1 Å². The van der Waals surface area contributed by atoms with Crippen LogP contribution in [0.15, 0.2) is 59.8 Å². The molecule has 0 unspecified atom stereocenters. The Balaban J connectivity index is 1.60. The molecular formula is C21H21FN4O2S. The monoisotopic (exact) mass is 412 g/mol. The fourth-order valence-electron chi connectivity index (χ4n) is 2.80. The number of nitrogens with zero attached hydrogens (tertiary/aromatic N) is 3. The Labute approximate surface area is 172 Å². The summed E-state index contributed by atoms with van der Waals surface area (Å²) in [6.07, 6.45) is 0.450. The second-order valence-electron chi connectivity index (χ2n) is 6.58. The molecule has 1 heterocycles. The predicted molar refractivity (Wildman–Crippen MR) is 110 cm³/mol. The van der Waals surface area contributed by atoms with Gasteiger partial charge in [-0.15, -0.1) is 10.2 Å². The van der Waals surface area contributed by atoms with Crippen molar-refractivity contribution in [2.75, 3.05) is 5.75 Å². The topological polar surface area (TPSA) is 76.9 Å². The molecule has 0 radical (unpaired) electrons. The number of amides is 1. The third-order valence-electron chi connectivity index (χ3n) is 4.38. The zero-order valence-corrected chi connectivity index (χ0v) is 16.9. The first-order valence-electron chi connectivity index (χ1n) is 9.06. The molecule has 0 aliphatic carbocycles. The third kappa shape index (κ3) is 5.51. The van der Waals surface area contributed by atoms with Crippen LogP contribution in [-0.2, 0) is 23.1 Å². The van der Waals surface area contributed by atoms with Crippen molar-refractivity contribution < 1.29 is 14.0 Å². The normalized spacial score (nSPS) is 11.8. The van der Waals surface area contributed by atoms with Crippen molar-refractivity contribution in [2.45, 2.75) is 24.5 Å². The largest absolute Gasteiger partial charge is 0.345 e. The first kappa shape index (κ1) is 20.7. The molecule has 0 saturated heterocycles.